The van der Waals surface area contributed by atoms with Crippen LogP contribution in [0.2, 0.25) is 0 Å². The Morgan fingerprint density at radius 1 is 0.317 bits per heavy atom. The van der Waals surface area contributed by atoms with Gasteiger partial charge in [0.2, 0.25) is 0 Å². The summed E-state index contributed by atoms with van der Waals surface area (Å²) in [5.74, 6) is 5.28. The highest BCUT2D eigenvalue weighted by Crippen LogP contribution is 2.35. The van der Waals surface area contributed by atoms with Crippen LogP contribution < -0.4 is 14.2 Å². The lowest BCUT2D eigenvalue weighted by Crippen LogP contribution is -2.12. The second kappa shape index (κ2) is 70.2. The second-order valence-corrected chi connectivity index (χ2v) is 51.7. The number of aliphatic hydroxyl groups excluding tert-OH is 1. The second-order valence-electron chi connectivity index (χ2n) is 51.7. The molecule has 0 saturated heterocycles. The number of unbranched alkanes of at least 4 members (excludes halogenated alkanes) is 6. The van der Waals surface area contributed by atoms with Crippen LogP contribution in [0.3, 0.4) is 0 Å². The summed E-state index contributed by atoms with van der Waals surface area (Å²) in [7, 11) is 4.99. The maximum atomic E-state index is 8.40. The number of aliphatic hydroxyl groups is 1. The summed E-state index contributed by atoms with van der Waals surface area (Å²) >= 11 is 0. The van der Waals surface area contributed by atoms with E-state index in [-0.39, 0.29) is 16.2 Å². The van der Waals surface area contributed by atoms with Crippen LogP contribution in [0.4, 0.5) is 0 Å². The van der Waals surface area contributed by atoms with Gasteiger partial charge in [0, 0.05) is 6.61 Å². The highest BCUT2D eigenvalue weighted by atomic mass is 16.5. The molecule has 1 N–H and O–H groups in total. The van der Waals surface area contributed by atoms with Gasteiger partial charge in [0.15, 0.2) is 11.5 Å². The number of hydrogen-bond donors (Lipinski definition) is 1. The predicted octanol–water partition coefficient (Wildman–Crippen LogP) is 41.0. The average molecular weight is 1760 g/mol. The van der Waals surface area contributed by atoms with E-state index < -0.39 is 0 Å². The topological polar surface area (TPSA) is 47.9 Å². The van der Waals surface area contributed by atoms with Gasteiger partial charge in [-0.25, -0.2) is 0 Å². The van der Waals surface area contributed by atoms with Crippen molar-refractivity contribution in [1.82, 2.24) is 0 Å². The summed E-state index contributed by atoms with van der Waals surface area (Å²) in [5.41, 5.74) is 13.5. The van der Waals surface area contributed by atoms with Crippen LogP contribution in [0.5, 0.6) is 17.2 Å². The number of benzene rings is 5. The number of aryl methyl sites for hydroxylation is 1. The fourth-order valence-corrected chi connectivity index (χ4v) is 11.2. The van der Waals surface area contributed by atoms with Crippen molar-refractivity contribution in [2.75, 3.05) is 27.9 Å². The van der Waals surface area contributed by atoms with Crippen molar-refractivity contribution in [3.63, 3.8) is 0 Å². The van der Waals surface area contributed by atoms with Gasteiger partial charge >= 0.3 is 0 Å². The van der Waals surface area contributed by atoms with E-state index in [1.54, 1.807) is 21.3 Å². The summed E-state index contributed by atoms with van der Waals surface area (Å²) in [6.07, 6.45) is 30.0. The highest BCUT2D eigenvalue weighted by molar-refractivity contribution is 5.44. The molecule has 0 radical (unpaired) electrons. The van der Waals surface area contributed by atoms with Crippen LogP contribution in [0.15, 0.2) is 127 Å². The van der Waals surface area contributed by atoms with Gasteiger partial charge in [0.05, 0.1) is 21.3 Å². The Balaban J connectivity index is -0.000000200. The van der Waals surface area contributed by atoms with Crippen molar-refractivity contribution in [2.24, 2.45) is 66.5 Å². The molecule has 0 atom stereocenters. The number of hydrogen-bond acceptors (Lipinski definition) is 4. The van der Waals surface area contributed by atoms with Gasteiger partial charge in [0.25, 0.3) is 0 Å². The first-order valence-corrected chi connectivity index (χ1v) is 50.5. The molecule has 126 heavy (non-hydrogen) atoms. The standard InChI is InChI=1S/C12H18O2.C11H16O.2C11H16.C10H14.C10H22.C9H18.C9H20.C8H18.2C7H16.C6H14O.C6H14.C5H12/c1-12(2,3)9-6-7-10(13-4)11(8-9)14-5;1-11(2,3)9-5-7-10(12-4)8-6-9;1-9-5-7-10(8-6-9)11(2,3)4;1-11(2,3)9-10-7-5-4-6-8-10;1-10(2,3)9-7-5-4-6-8-9;1-5-6-7-8-9-10(2,3)4;1-8(2)9-6-4-3-5-7-9;1-5-6-7-8-9(2,3)4;1-5-6-7-8(2,3)4;1-6(2)7(3,4)5;1-5-6-7(2,3)4;1-6(2,3)4-5-7;1-5-6(2,3)4;1-5(2,3)4/h6-8H,1-5H3;5-8H,1-4H3;5-8H,1-4H3;4-8H,9H2,1-3H3;4-8H,1-3H3;5-9H2,1-4H3;8-9H,3-7H2,1-2H3;5-8H2,1-4H3;5-7H2,1-4H3;6H,1-5H3;5-6H2,1-4H3;7H,4-5H2,1-3H3;5H2,1-4H3;1-4H3. The molecule has 0 amide bonds. The van der Waals surface area contributed by atoms with Crippen LogP contribution >= 0.6 is 0 Å². The van der Waals surface area contributed by atoms with E-state index in [2.05, 4.69) is 449 Å². The van der Waals surface area contributed by atoms with Crippen molar-refractivity contribution in [3.8, 4) is 17.2 Å². The molecule has 1 fully saturated rings. The monoisotopic (exact) mass is 1760 g/mol. The zero-order valence-corrected chi connectivity index (χ0v) is 95.8. The summed E-state index contributed by atoms with van der Waals surface area (Å²) in [6, 6.07) is 44.2. The smallest absolute Gasteiger partial charge is 0.161 e. The normalized spacial score (nSPS) is 12.6. The van der Waals surface area contributed by atoms with Gasteiger partial charge in [-0.2, -0.15) is 0 Å². The minimum Gasteiger partial charge on any atom is -0.497 e. The molecule has 5 aromatic rings. The Labute approximate surface area is 795 Å². The molecule has 0 spiro atoms. The average Bonchev–Trinajstić information content (AvgIpc) is 0.835. The van der Waals surface area contributed by atoms with Crippen molar-refractivity contribution >= 4 is 0 Å². The van der Waals surface area contributed by atoms with Crippen molar-refractivity contribution in [2.45, 2.75) is 509 Å². The van der Waals surface area contributed by atoms with Gasteiger partial charge in [-0.3, -0.25) is 0 Å². The molecule has 4 nitrogen and oxygen atoms in total. The van der Waals surface area contributed by atoms with Gasteiger partial charge in [0.1, 0.15) is 5.75 Å². The molecule has 1 aliphatic rings. The Morgan fingerprint density at radius 3 is 0.865 bits per heavy atom. The summed E-state index contributed by atoms with van der Waals surface area (Å²) < 4.78 is 15.5. The molecule has 1 saturated carbocycles. The Bertz CT molecular complexity index is 3130. The van der Waals surface area contributed by atoms with Crippen molar-refractivity contribution in [3.05, 3.63) is 161 Å². The number of methoxy groups -OCH3 is 3. The third kappa shape index (κ3) is 105. The van der Waals surface area contributed by atoms with E-state index in [9.17, 15) is 0 Å². The zero-order chi connectivity index (χ0) is 101. The quantitative estimate of drug-likeness (QED) is 0.100. The molecule has 4 heteroatoms. The molecule has 0 aliphatic heterocycles. The van der Waals surface area contributed by atoms with Gasteiger partial charge in [-0.05, 0) is 186 Å². The maximum absolute atomic E-state index is 8.40. The molecule has 6 rings (SSSR count). The largest absolute Gasteiger partial charge is 0.497 e. The van der Waals surface area contributed by atoms with Crippen molar-refractivity contribution < 1.29 is 19.3 Å². The first-order valence-electron chi connectivity index (χ1n) is 50.5. The third-order valence-electron chi connectivity index (χ3n) is 21.2. The summed E-state index contributed by atoms with van der Waals surface area (Å²) in [5, 5.41) is 8.40. The molecule has 0 aromatic heterocycles. The molecule has 0 unspecified atom stereocenters. The zero-order valence-electron chi connectivity index (χ0n) is 95.8. The van der Waals surface area contributed by atoms with E-state index in [1.807, 2.05) is 24.3 Å². The Morgan fingerprint density at radius 2 is 0.627 bits per heavy atom. The molecule has 0 bridgehead atoms. The molecule has 1 aliphatic carbocycles. The van der Waals surface area contributed by atoms with Crippen LogP contribution in [0.25, 0.3) is 0 Å². The lowest BCUT2D eigenvalue weighted by atomic mass is 9.82. The van der Waals surface area contributed by atoms with E-state index in [4.69, 9.17) is 19.3 Å². The Hall–Kier alpha value is -4.54. The van der Waals surface area contributed by atoms with Gasteiger partial charge < -0.3 is 19.3 Å². The van der Waals surface area contributed by atoms with Crippen molar-refractivity contribution in [1.29, 1.82) is 0 Å². The molecule has 0 heterocycles. The van der Waals surface area contributed by atoms with Crippen LogP contribution in [0, 0.1) is 73.4 Å². The Kier molecular flexibility index (Phi) is 76.3. The lowest BCUT2D eigenvalue weighted by molar-refractivity contribution is 0.225. The summed E-state index contributed by atoms with van der Waals surface area (Å²) in [6.45, 7) is 112. The summed E-state index contributed by atoms with van der Waals surface area (Å²) in [4.78, 5) is 0. The van der Waals surface area contributed by atoms with E-state index in [0.717, 1.165) is 47.8 Å². The fourth-order valence-electron chi connectivity index (χ4n) is 11.2. The molecule has 742 valence electrons. The first kappa shape index (κ1) is 137. The van der Waals surface area contributed by atoms with E-state index in [1.165, 1.54) is 162 Å². The molecule has 5 aromatic carbocycles. The SMILES string of the molecule is CC(C)(C)C.CC(C)(C)CCO.CC(C)(C)Cc1ccccc1.CC(C)(C)c1ccccc1.CC(C)C(C)(C)C.CC(C)C1CCCCC1.CCC(C)(C)C.CCCC(C)(C)C.CCCCC(C)(C)C.CCCCCC(C)(C)C.CCCCCCC(C)(C)C.COc1ccc(C(C)(C)C)cc1.COc1ccc(C(C)(C)C)cc1OC.Cc1ccc(C(C)(C)C)cc1. The van der Waals surface area contributed by atoms with Crippen LogP contribution in [0.1, 0.15) is 507 Å². The number of rotatable bonds is 16. The predicted molar refractivity (Wildman–Crippen MR) is 581 cm³/mol. The first-order chi connectivity index (χ1) is 56.8. The van der Waals surface area contributed by atoms with Crippen LogP contribution in [-0.2, 0) is 28.1 Å². The lowest BCUT2D eigenvalue weighted by Gasteiger charge is -2.24. The number of ether oxygens (including phenoxy) is 3. The highest BCUT2D eigenvalue weighted by Gasteiger charge is 2.20. The third-order valence-corrected chi connectivity index (χ3v) is 21.2. The minimum atomic E-state index is 0.138. The van der Waals surface area contributed by atoms with Gasteiger partial charge in [-0.1, -0.05) is 551 Å². The van der Waals surface area contributed by atoms with Crippen LogP contribution in [-0.4, -0.2) is 33.0 Å². The fraction of sp³-hybridized carbons (Fsp3) is 0.754. The van der Waals surface area contributed by atoms with E-state index in [0.29, 0.717) is 60.8 Å². The molecular formula is C122H230O4. The van der Waals surface area contributed by atoms with E-state index >= 15 is 0 Å². The minimum absolute atomic E-state index is 0.138. The molecular weight excluding hydrogens is 1530 g/mol. The van der Waals surface area contributed by atoms with Gasteiger partial charge in [-0.15, -0.1) is 0 Å². The maximum Gasteiger partial charge on any atom is 0.161 e.